The normalized spacial score (nSPS) is 26.6. The molecule has 1 aromatic carbocycles. The van der Waals surface area contributed by atoms with Crippen molar-refractivity contribution < 1.29 is 14.4 Å². The Kier molecular flexibility index (Phi) is 5.74. The van der Waals surface area contributed by atoms with E-state index in [1.165, 1.54) is 16.2 Å². The fraction of sp³-hybridized carbons (Fsp3) is 0.458. The molecule has 2 N–H and O–H groups in total. The number of hydrogen-bond donors (Lipinski definition) is 2. The van der Waals surface area contributed by atoms with Crippen molar-refractivity contribution in [1.29, 1.82) is 0 Å². The van der Waals surface area contributed by atoms with Gasteiger partial charge in [-0.25, -0.2) is 4.79 Å². The lowest BCUT2D eigenvalue weighted by molar-refractivity contribution is -0.143. The molecule has 2 heterocycles. The summed E-state index contributed by atoms with van der Waals surface area (Å²) < 4.78 is 0. The van der Waals surface area contributed by atoms with Crippen molar-refractivity contribution >= 4 is 34.3 Å². The number of nitrogens with zero attached hydrogens (tertiary/aromatic N) is 3. The second-order valence-corrected chi connectivity index (χ2v) is 10.3. The Morgan fingerprint density at radius 1 is 1.06 bits per heavy atom. The Bertz CT molecular complexity index is 1070. The van der Waals surface area contributed by atoms with Gasteiger partial charge < -0.3 is 5.32 Å². The molecule has 6 rings (SSSR count). The van der Waals surface area contributed by atoms with Crippen LogP contribution < -0.4 is 10.6 Å². The van der Waals surface area contributed by atoms with Gasteiger partial charge in [-0.2, -0.15) is 0 Å². The number of carbonyl (C=O) groups is 3. The number of carbonyl (C=O) groups excluding carboxylic acids is 3. The van der Waals surface area contributed by atoms with Gasteiger partial charge in [0.1, 0.15) is 11.2 Å². The predicted octanol–water partition coefficient (Wildman–Crippen LogP) is 3.55. The molecule has 0 spiro atoms. The molecule has 1 saturated heterocycles. The van der Waals surface area contributed by atoms with Gasteiger partial charge in [-0.05, 0) is 30.2 Å². The van der Waals surface area contributed by atoms with Crippen LogP contribution in [0.2, 0.25) is 0 Å². The number of urea groups is 1. The van der Waals surface area contributed by atoms with Crippen LogP contribution in [0.5, 0.6) is 0 Å². The highest BCUT2D eigenvalue weighted by Gasteiger charge is 2.58. The highest BCUT2D eigenvalue weighted by Crippen LogP contribution is 2.50. The summed E-state index contributed by atoms with van der Waals surface area (Å²) in [6.07, 6.45) is 5.61. The van der Waals surface area contributed by atoms with E-state index in [1.54, 1.807) is 0 Å². The summed E-state index contributed by atoms with van der Waals surface area (Å²) in [6, 6.07) is 9.05. The van der Waals surface area contributed by atoms with Crippen molar-refractivity contribution in [3.8, 4) is 0 Å². The molecular weight excluding hydrogens is 438 g/mol. The van der Waals surface area contributed by atoms with Crippen molar-refractivity contribution in [2.45, 2.75) is 45.2 Å². The van der Waals surface area contributed by atoms with Gasteiger partial charge in [-0.3, -0.25) is 19.8 Å². The number of imide groups is 1. The molecule has 4 aliphatic rings. The molecule has 5 atom stereocenters. The zero-order valence-corrected chi connectivity index (χ0v) is 19.4. The first-order valence-corrected chi connectivity index (χ1v) is 12.2. The molecule has 3 aliphatic carbocycles. The maximum Gasteiger partial charge on any atom is 0.322 e. The van der Waals surface area contributed by atoms with Crippen LogP contribution in [0.1, 0.15) is 43.2 Å². The lowest BCUT2D eigenvalue weighted by atomic mass is 9.63. The van der Waals surface area contributed by atoms with E-state index in [0.717, 1.165) is 23.4 Å². The maximum absolute atomic E-state index is 13.5. The number of likely N-dealkylation sites (tertiary alicyclic amines) is 1. The number of anilines is 1. The van der Waals surface area contributed by atoms with E-state index in [9.17, 15) is 14.4 Å². The van der Waals surface area contributed by atoms with Gasteiger partial charge in [0.15, 0.2) is 0 Å². The number of fused-ring (bicyclic) bond motifs is 1. The molecule has 8 nitrogen and oxygen atoms in total. The van der Waals surface area contributed by atoms with Crippen molar-refractivity contribution in [3.05, 3.63) is 53.1 Å². The van der Waals surface area contributed by atoms with E-state index in [2.05, 4.69) is 33.0 Å². The third-order valence-corrected chi connectivity index (χ3v) is 7.97. The third-order valence-electron chi connectivity index (χ3n) is 6.83. The second-order valence-electron chi connectivity index (χ2n) is 9.29. The van der Waals surface area contributed by atoms with Crippen LogP contribution >= 0.6 is 11.3 Å². The molecule has 0 unspecified atom stereocenters. The van der Waals surface area contributed by atoms with E-state index in [0.29, 0.717) is 11.6 Å². The summed E-state index contributed by atoms with van der Waals surface area (Å²) >= 11 is 1.31. The topological polar surface area (TPSA) is 104 Å². The Hall–Kier alpha value is -3.07. The van der Waals surface area contributed by atoms with E-state index in [1.807, 2.05) is 44.2 Å². The van der Waals surface area contributed by atoms with E-state index in [-0.39, 0.29) is 41.4 Å². The Morgan fingerprint density at radius 3 is 2.24 bits per heavy atom. The quantitative estimate of drug-likeness (QED) is 0.502. The first kappa shape index (κ1) is 21.8. The minimum Gasteiger partial charge on any atom is -0.317 e. The average molecular weight is 466 g/mol. The van der Waals surface area contributed by atoms with Gasteiger partial charge in [-0.1, -0.05) is 67.7 Å². The molecule has 1 aromatic heterocycles. The molecule has 2 fully saturated rings. The first-order chi connectivity index (χ1) is 15.9. The molecular formula is C24H27N5O3S. The van der Waals surface area contributed by atoms with Crippen molar-refractivity contribution in [1.82, 2.24) is 20.4 Å². The zero-order valence-electron chi connectivity index (χ0n) is 18.6. The molecule has 2 aromatic rings. The SMILES string of the molecule is CC(C)c1nnc(NC(=O)N[C@H](Cc2ccccc2)N2C(=O)[C@H]3[C@H](C2=O)[C@H]2C=C[C@H]3CC2)s1. The number of benzene rings is 1. The highest BCUT2D eigenvalue weighted by atomic mass is 32.1. The maximum atomic E-state index is 13.5. The number of rotatable bonds is 6. The third kappa shape index (κ3) is 4.06. The minimum absolute atomic E-state index is 0.100. The van der Waals surface area contributed by atoms with Gasteiger partial charge in [0.2, 0.25) is 16.9 Å². The van der Waals surface area contributed by atoms with Crippen LogP contribution in [0.3, 0.4) is 0 Å². The molecule has 2 bridgehead atoms. The zero-order chi connectivity index (χ0) is 23.1. The van der Waals surface area contributed by atoms with Crippen LogP contribution in [0, 0.1) is 23.7 Å². The van der Waals surface area contributed by atoms with Crippen LogP contribution in [0.4, 0.5) is 9.93 Å². The minimum atomic E-state index is -0.783. The van der Waals surface area contributed by atoms with Crippen LogP contribution in [0.15, 0.2) is 42.5 Å². The summed E-state index contributed by atoms with van der Waals surface area (Å²) in [4.78, 5) is 41.1. The second kappa shape index (κ2) is 8.70. The number of nitrogens with one attached hydrogen (secondary N) is 2. The van der Waals surface area contributed by atoms with Gasteiger partial charge >= 0.3 is 6.03 Å². The lowest BCUT2D eigenvalue weighted by Gasteiger charge is -2.38. The van der Waals surface area contributed by atoms with Gasteiger partial charge in [-0.15, -0.1) is 10.2 Å². The van der Waals surface area contributed by atoms with Crippen LogP contribution in [-0.4, -0.2) is 39.1 Å². The monoisotopic (exact) mass is 465 g/mol. The molecule has 9 heteroatoms. The summed E-state index contributed by atoms with van der Waals surface area (Å²) in [6.45, 7) is 4.01. The van der Waals surface area contributed by atoms with Gasteiger partial charge in [0.05, 0.1) is 11.8 Å². The Balaban J connectivity index is 1.38. The molecule has 172 valence electrons. The largest absolute Gasteiger partial charge is 0.322 e. The van der Waals surface area contributed by atoms with Gasteiger partial charge in [0.25, 0.3) is 0 Å². The Morgan fingerprint density at radius 2 is 1.70 bits per heavy atom. The highest BCUT2D eigenvalue weighted by molar-refractivity contribution is 7.15. The van der Waals surface area contributed by atoms with Crippen LogP contribution in [0.25, 0.3) is 0 Å². The number of allylic oxidation sites excluding steroid dienone is 2. The molecule has 33 heavy (non-hydrogen) atoms. The lowest BCUT2D eigenvalue weighted by Crippen LogP contribution is -2.53. The number of hydrogen-bond acceptors (Lipinski definition) is 6. The number of aromatic nitrogens is 2. The smallest absolute Gasteiger partial charge is 0.317 e. The number of amides is 4. The summed E-state index contributed by atoms with van der Waals surface area (Å²) in [5.41, 5.74) is 0.928. The fourth-order valence-electron chi connectivity index (χ4n) is 5.25. The molecule has 1 aliphatic heterocycles. The van der Waals surface area contributed by atoms with Crippen LogP contribution in [-0.2, 0) is 16.0 Å². The first-order valence-electron chi connectivity index (χ1n) is 11.4. The van der Waals surface area contributed by atoms with Gasteiger partial charge in [0, 0.05) is 12.3 Å². The molecule has 1 saturated carbocycles. The van der Waals surface area contributed by atoms with E-state index >= 15 is 0 Å². The summed E-state index contributed by atoms with van der Waals surface area (Å²) in [7, 11) is 0. The Labute approximate surface area is 196 Å². The van der Waals surface area contributed by atoms with E-state index in [4.69, 9.17) is 0 Å². The van der Waals surface area contributed by atoms with Crippen molar-refractivity contribution in [2.75, 3.05) is 5.32 Å². The molecule has 4 amide bonds. The van der Waals surface area contributed by atoms with E-state index < -0.39 is 12.2 Å². The summed E-state index contributed by atoms with van der Waals surface area (Å²) in [5, 5.41) is 14.9. The standard InChI is InChI=1S/C24H27N5O3S/c1-13(2)20-27-28-24(33-20)26-23(32)25-17(12-14-6-4-3-5-7-14)29-21(30)18-15-8-9-16(11-10-15)19(18)22(29)31/h3-9,13,15-19H,10-12H2,1-2H3,(H2,25,26,28,32)/t15-,16-,17-,18+,19+/m0/s1. The fourth-order valence-corrected chi connectivity index (χ4v) is 5.99. The van der Waals surface area contributed by atoms with Crippen molar-refractivity contribution in [3.63, 3.8) is 0 Å². The van der Waals surface area contributed by atoms with Crippen molar-refractivity contribution in [2.24, 2.45) is 23.7 Å². The molecule has 0 radical (unpaired) electrons. The predicted molar refractivity (Wildman–Crippen MR) is 124 cm³/mol. The average Bonchev–Trinajstić information content (AvgIpc) is 3.38. The summed E-state index contributed by atoms with van der Waals surface area (Å²) in [5.74, 6) is -0.583.